The van der Waals surface area contributed by atoms with Crippen molar-refractivity contribution in [2.24, 2.45) is 0 Å². The van der Waals surface area contributed by atoms with E-state index >= 15 is 0 Å². The van der Waals surface area contributed by atoms with Crippen LogP contribution in [0.25, 0.3) is 0 Å². The maximum atomic E-state index is 12.0. The third-order valence-electron chi connectivity index (χ3n) is 2.78. The molecule has 1 amide bonds. The van der Waals surface area contributed by atoms with Gasteiger partial charge in [0.1, 0.15) is 5.75 Å². The molecule has 0 aliphatic carbocycles. The monoisotopic (exact) mass is 306 g/mol. The van der Waals surface area contributed by atoms with Crippen molar-refractivity contribution < 1.29 is 14.6 Å². The molecule has 2 rings (SSSR count). The molecule has 0 saturated carbocycles. The highest BCUT2D eigenvalue weighted by Crippen LogP contribution is 2.23. The fourth-order valence-electron chi connectivity index (χ4n) is 1.75. The molecule has 1 heterocycles. The molecule has 1 aromatic heterocycles. The first-order chi connectivity index (χ1) is 10.1. The quantitative estimate of drug-likeness (QED) is 0.891. The van der Waals surface area contributed by atoms with E-state index in [-0.39, 0.29) is 16.7 Å². The van der Waals surface area contributed by atoms with E-state index < -0.39 is 0 Å². The van der Waals surface area contributed by atoms with Crippen LogP contribution < -0.4 is 10.1 Å². The highest BCUT2D eigenvalue weighted by Gasteiger charge is 2.10. The average Bonchev–Trinajstić information content (AvgIpc) is 2.49. The van der Waals surface area contributed by atoms with Gasteiger partial charge in [0.05, 0.1) is 11.6 Å². The van der Waals surface area contributed by atoms with Crippen LogP contribution in [0.1, 0.15) is 22.8 Å². The minimum atomic E-state index is -0.289. The van der Waals surface area contributed by atoms with E-state index in [1.54, 1.807) is 12.3 Å². The van der Waals surface area contributed by atoms with Crippen LogP contribution in [-0.2, 0) is 6.54 Å². The van der Waals surface area contributed by atoms with Gasteiger partial charge in [-0.05, 0) is 31.2 Å². The molecule has 6 heteroatoms. The fourth-order valence-corrected chi connectivity index (χ4v) is 1.93. The van der Waals surface area contributed by atoms with Crippen LogP contribution in [0.3, 0.4) is 0 Å². The van der Waals surface area contributed by atoms with Crippen LogP contribution in [0.15, 0.2) is 36.5 Å². The largest absolute Gasteiger partial charge is 0.506 e. The minimum absolute atomic E-state index is 0.0564. The molecule has 0 bridgehead atoms. The summed E-state index contributed by atoms with van der Waals surface area (Å²) in [7, 11) is 0. The smallest absolute Gasteiger partial charge is 0.251 e. The summed E-state index contributed by atoms with van der Waals surface area (Å²) in [6, 6.07) is 7.92. The van der Waals surface area contributed by atoms with E-state index in [2.05, 4.69) is 10.3 Å². The van der Waals surface area contributed by atoms with Crippen molar-refractivity contribution in [3.63, 3.8) is 0 Å². The summed E-state index contributed by atoms with van der Waals surface area (Å²) in [4.78, 5) is 16.2. The molecular weight excluding hydrogens is 292 g/mol. The van der Waals surface area contributed by atoms with Gasteiger partial charge in [0.25, 0.3) is 5.91 Å². The zero-order valence-corrected chi connectivity index (χ0v) is 12.2. The number of benzene rings is 1. The van der Waals surface area contributed by atoms with Gasteiger partial charge in [0.2, 0.25) is 5.88 Å². The van der Waals surface area contributed by atoms with Crippen LogP contribution in [0, 0.1) is 0 Å². The van der Waals surface area contributed by atoms with Gasteiger partial charge in [0, 0.05) is 23.9 Å². The number of aromatic hydroxyl groups is 1. The van der Waals surface area contributed by atoms with E-state index in [0.717, 1.165) is 5.56 Å². The number of ether oxygens (including phenoxy) is 1. The molecule has 110 valence electrons. The molecule has 2 N–H and O–H groups in total. The molecule has 0 saturated heterocycles. The Balaban J connectivity index is 2.05. The highest BCUT2D eigenvalue weighted by atomic mass is 35.5. The number of phenols is 1. The zero-order chi connectivity index (χ0) is 15.2. The lowest BCUT2D eigenvalue weighted by atomic mass is 10.2. The van der Waals surface area contributed by atoms with Gasteiger partial charge in [-0.25, -0.2) is 4.98 Å². The van der Waals surface area contributed by atoms with Gasteiger partial charge >= 0.3 is 0 Å². The number of rotatable bonds is 5. The molecule has 0 aliphatic heterocycles. The Morgan fingerprint density at radius 3 is 2.95 bits per heavy atom. The number of halogens is 1. The van der Waals surface area contributed by atoms with E-state index in [4.69, 9.17) is 16.3 Å². The first-order valence-electron chi connectivity index (χ1n) is 6.45. The van der Waals surface area contributed by atoms with Crippen LogP contribution in [0.4, 0.5) is 0 Å². The summed E-state index contributed by atoms with van der Waals surface area (Å²) in [5.41, 5.74) is 1.16. The normalized spacial score (nSPS) is 10.2. The van der Waals surface area contributed by atoms with Gasteiger partial charge in [-0.2, -0.15) is 0 Å². The molecule has 0 aliphatic rings. The highest BCUT2D eigenvalue weighted by molar-refractivity contribution is 6.32. The summed E-state index contributed by atoms with van der Waals surface area (Å²) < 4.78 is 5.39. The Hall–Kier alpha value is -2.27. The second-order valence-corrected chi connectivity index (χ2v) is 4.66. The topological polar surface area (TPSA) is 71.5 Å². The summed E-state index contributed by atoms with van der Waals surface area (Å²) in [5.74, 6) is 0.159. The van der Waals surface area contributed by atoms with Crippen molar-refractivity contribution in [1.29, 1.82) is 0 Å². The molecule has 21 heavy (non-hydrogen) atoms. The number of carbonyl (C=O) groups is 1. The minimum Gasteiger partial charge on any atom is -0.506 e. The lowest BCUT2D eigenvalue weighted by molar-refractivity contribution is 0.0950. The Morgan fingerprint density at radius 1 is 1.43 bits per heavy atom. The predicted octanol–water partition coefficient (Wildman–Crippen LogP) is 2.77. The lowest BCUT2D eigenvalue weighted by Crippen LogP contribution is -2.23. The van der Waals surface area contributed by atoms with Crippen LogP contribution in [-0.4, -0.2) is 22.6 Å². The first-order valence-corrected chi connectivity index (χ1v) is 6.83. The van der Waals surface area contributed by atoms with Crippen molar-refractivity contribution in [3.05, 3.63) is 52.7 Å². The number of hydrogen-bond acceptors (Lipinski definition) is 4. The molecule has 0 radical (unpaired) electrons. The van der Waals surface area contributed by atoms with Crippen LogP contribution in [0.5, 0.6) is 11.6 Å². The molecule has 5 nitrogen and oxygen atoms in total. The summed E-state index contributed by atoms with van der Waals surface area (Å²) in [6.45, 7) is 2.67. The SMILES string of the molecule is CCOc1ncccc1CNC(=O)c1ccc(O)c(Cl)c1. The average molecular weight is 307 g/mol. The van der Waals surface area contributed by atoms with Crippen molar-refractivity contribution in [3.8, 4) is 11.6 Å². The Kier molecular flexibility index (Phi) is 5.00. The Labute approximate surface area is 127 Å². The van der Waals surface area contributed by atoms with Gasteiger partial charge in [-0.15, -0.1) is 0 Å². The number of pyridine rings is 1. The van der Waals surface area contributed by atoms with E-state index in [0.29, 0.717) is 24.6 Å². The van der Waals surface area contributed by atoms with Crippen molar-refractivity contribution in [2.75, 3.05) is 6.61 Å². The number of nitrogens with one attached hydrogen (secondary N) is 1. The summed E-state index contributed by atoms with van der Waals surface area (Å²) >= 11 is 5.78. The second-order valence-electron chi connectivity index (χ2n) is 4.25. The van der Waals surface area contributed by atoms with Crippen molar-refractivity contribution in [2.45, 2.75) is 13.5 Å². The van der Waals surface area contributed by atoms with Crippen LogP contribution >= 0.6 is 11.6 Å². The number of carbonyl (C=O) groups excluding carboxylic acids is 1. The summed E-state index contributed by atoms with van der Waals surface area (Å²) in [6.07, 6.45) is 1.63. The van der Waals surface area contributed by atoms with Crippen molar-refractivity contribution in [1.82, 2.24) is 10.3 Å². The molecule has 0 atom stereocenters. The predicted molar refractivity (Wildman–Crippen MR) is 79.7 cm³/mol. The Morgan fingerprint density at radius 2 is 2.24 bits per heavy atom. The van der Waals surface area contributed by atoms with E-state index in [9.17, 15) is 9.90 Å². The molecule has 2 aromatic rings. The first kappa shape index (κ1) is 15.1. The molecular formula is C15H15ClN2O3. The Bertz CT molecular complexity index is 647. The summed E-state index contributed by atoms with van der Waals surface area (Å²) in [5, 5.41) is 12.2. The number of hydrogen-bond donors (Lipinski definition) is 2. The number of aromatic nitrogens is 1. The van der Waals surface area contributed by atoms with E-state index in [1.807, 2.05) is 13.0 Å². The third kappa shape index (κ3) is 3.86. The maximum absolute atomic E-state index is 12.0. The van der Waals surface area contributed by atoms with Gasteiger partial charge in [0.15, 0.2) is 0 Å². The molecule has 0 spiro atoms. The van der Waals surface area contributed by atoms with Crippen molar-refractivity contribution >= 4 is 17.5 Å². The number of phenolic OH excluding ortho intramolecular Hbond substituents is 1. The number of amides is 1. The fraction of sp³-hybridized carbons (Fsp3) is 0.200. The lowest BCUT2D eigenvalue weighted by Gasteiger charge is -2.10. The molecule has 1 aromatic carbocycles. The van der Waals surface area contributed by atoms with E-state index in [1.165, 1.54) is 18.2 Å². The number of nitrogens with zero attached hydrogens (tertiary/aromatic N) is 1. The standard InChI is InChI=1S/C15H15ClN2O3/c1-2-21-15-11(4-3-7-17-15)9-18-14(20)10-5-6-13(19)12(16)8-10/h3-8,19H,2,9H2,1H3,(H,18,20). The second kappa shape index (κ2) is 6.95. The van der Waals surface area contributed by atoms with Crippen LogP contribution in [0.2, 0.25) is 5.02 Å². The molecule has 0 fully saturated rings. The van der Waals surface area contributed by atoms with Gasteiger partial charge in [-0.1, -0.05) is 17.7 Å². The third-order valence-corrected chi connectivity index (χ3v) is 3.08. The zero-order valence-electron chi connectivity index (χ0n) is 11.5. The van der Waals surface area contributed by atoms with Gasteiger partial charge < -0.3 is 15.2 Å². The molecule has 0 unspecified atom stereocenters. The maximum Gasteiger partial charge on any atom is 0.251 e. The van der Waals surface area contributed by atoms with Gasteiger partial charge in [-0.3, -0.25) is 4.79 Å².